The molecule has 0 aliphatic rings. The smallest absolute Gasteiger partial charge is 0.115 e. The predicted octanol–water partition coefficient (Wildman–Crippen LogP) is 3.29. The van der Waals surface area contributed by atoms with Crippen molar-refractivity contribution in [2.45, 2.75) is 5.03 Å². The molecule has 0 aliphatic heterocycles. The van der Waals surface area contributed by atoms with Gasteiger partial charge in [0.05, 0.1) is 11.3 Å². The van der Waals surface area contributed by atoms with E-state index in [0.29, 0.717) is 5.56 Å². The van der Waals surface area contributed by atoms with E-state index in [9.17, 15) is 0 Å². The molecule has 0 amide bonds. The van der Waals surface area contributed by atoms with E-state index in [1.807, 2.05) is 18.2 Å². The van der Waals surface area contributed by atoms with E-state index in [-0.39, 0.29) is 0 Å². The van der Waals surface area contributed by atoms with Crippen LogP contribution in [0.15, 0.2) is 54.3 Å². The largest absolute Gasteiger partial charge is 0.265 e. The van der Waals surface area contributed by atoms with Crippen LogP contribution in [0.1, 0.15) is 5.56 Å². The van der Waals surface area contributed by atoms with E-state index in [4.69, 9.17) is 5.26 Å². The average Bonchev–Trinajstić information content (AvgIpc) is 2.45. The number of thioether (sulfide) groups is 1. The molecule has 0 saturated carbocycles. The fraction of sp³-hybridized carbons (Fsp3) is 0.0714. The molecule has 0 atom stereocenters. The molecule has 0 spiro atoms. The van der Waals surface area contributed by atoms with E-state index in [1.165, 1.54) is 11.8 Å². The van der Waals surface area contributed by atoms with Crippen molar-refractivity contribution in [1.82, 2.24) is 9.97 Å². The van der Waals surface area contributed by atoms with Gasteiger partial charge in [-0.05, 0) is 24.3 Å². The highest BCUT2D eigenvalue weighted by atomic mass is 32.2. The van der Waals surface area contributed by atoms with E-state index in [1.54, 1.807) is 24.5 Å². The molecule has 3 nitrogen and oxygen atoms in total. The first-order chi connectivity index (χ1) is 8.85. The zero-order valence-corrected chi connectivity index (χ0v) is 10.5. The molecule has 0 bridgehead atoms. The maximum atomic E-state index is 9.04. The summed E-state index contributed by atoms with van der Waals surface area (Å²) < 4.78 is 0. The van der Waals surface area contributed by atoms with Gasteiger partial charge in [0.1, 0.15) is 11.1 Å². The van der Waals surface area contributed by atoms with Gasteiger partial charge in [0.2, 0.25) is 0 Å². The molecule has 0 radical (unpaired) electrons. The van der Waals surface area contributed by atoms with Crippen molar-refractivity contribution in [3.63, 3.8) is 0 Å². The van der Waals surface area contributed by atoms with Gasteiger partial charge >= 0.3 is 0 Å². The zero-order valence-electron chi connectivity index (χ0n) is 9.71. The molecule has 18 heavy (non-hydrogen) atoms. The summed E-state index contributed by atoms with van der Waals surface area (Å²) in [6.45, 7) is 3.67. The SMILES string of the molecule is C=CCSc1nc(-c2ccncc2)ccc1C#N. The van der Waals surface area contributed by atoms with Crippen LogP contribution in [-0.4, -0.2) is 15.7 Å². The number of nitriles is 1. The zero-order chi connectivity index (χ0) is 12.8. The van der Waals surface area contributed by atoms with Gasteiger partial charge in [0.15, 0.2) is 0 Å². The summed E-state index contributed by atoms with van der Waals surface area (Å²) >= 11 is 1.51. The number of nitrogens with zero attached hydrogens (tertiary/aromatic N) is 3. The topological polar surface area (TPSA) is 49.6 Å². The molecule has 0 aromatic carbocycles. The van der Waals surface area contributed by atoms with Gasteiger partial charge in [-0.3, -0.25) is 4.98 Å². The fourth-order valence-corrected chi connectivity index (χ4v) is 2.16. The lowest BCUT2D eigenvalue weighted by atomic mass is 10.1. The van der Waals surface area contributed by atoms with E-state index in [0.717, 1.165) is 22.0 Å². The van der Waals surface area contributed by atoms with Gasteiger partial charge < -0.3 is 0 Å². The van der Waals surface area contributed by atoms with Gasteiger partial charge in [-0.1, -0.05) is 6.08 Å². The minimum Gasteiger partial charge on any atom is -0.265 e. The highest BCUT2D eigenvalue weighted by Crippen LogP contribution is 2.24. The van der Waals surface area contributed by atoms with Gasteiger partial charge in [-0.25, -0.2) is 4.98 Å². The summed E-state index contributed by atoms with van der Waals surface area (Å²) in [5.74, 6) is 0.738. The van der Waals surface area contributed by atoms with E-state index in [2.05, 4.69) is 22.6 Å². The molecule has 4 heteroatoms. The second kappa shape index (κ2) is 5.99. The first-order valence-corrected chi connectivity index (χ1v) is 6.39. The quantitative estimate of drug-likeness (QED) is 0.619. The Labute approximate surface area is 110 Å². The molecular weight excluding hydrogens is 242 g/mol. The van der Waals surface area contributed by atoms with Gasteiger partial charge in [-0.15, -0.1) is 18.3 Å². The molecule has 2 aromatic heterocycles. The first kappa shape index (κ1) is 12.3. The number of hydrogen-bond donors (Lipinski definition) is 0. The Morgan fingerprint density at radius 3 is 2.72 bits per heavy atom. The second-order valence-electron chi connectivity index (χ2n) is 3.50. The third kappa shape index (κ3) is 2.76. The standard InChI is InChI=1S/C14H11N3S/c1-2-9-18-14-12(10-15)3-4-13(17-14)11-5-7-16-8-6-11/h2-8H,1,9H2. The van der Waals surface area contributed by atoms with Crippen molar-refractivity contribution in [3.8, 4) is 17.3 Å². The second-order valence-corrected chi connectivity index (χ2v) is 4.51. The van der Waals surface area contributed by atoms with Crippen LogP contribution in [-0.2, 0) is 0 Å². The number of aromatic nitrogens is 2. The molecule has 88 valence electrons. The van der Waals surface area contributed by atoms with Gasteiger partial charge in [-0.2, -0.15) is 5.26 Å². The Bertz CT molecular complexity index is 588. The van der Waals surface area contributed by atoms with Crippen LogP contribution in [0.25, 0.3) is 11.3 Å². The molecule has 2 rings (SSSR count). The molecule has 0 saturated heterocycles. The highest BCUT2D eigenvalue weighted by molar-refractivity contribution is 7.99. The summed E-state index contributed by atoms with van der Waals surface area (Å²) in [6, 6.07) is 9.60. The Hall–Kier alpha value is -2.12. The minimum atomic E-state index is 0.597. The minimum absolute atomic E-state index is 0.597. The lowest BCUT2D eigenvalue weighted by molar-refractivity contribution is 1.12. The molecule has 0 unspecified atom stereocenters. The van der Waals surface area contributed by atoms with Crippen molar-refractivity contribution < 1.29 is 0 Å². The van der Waals surface area contributed by atoms with Crippen LogP contribution in [0.4, 0.5) is 0 Å². The fourth-order valence-electron chi connectivity index (χ4n) is 1.46. The van der Waals surface area contributed by atoms with Crippen LogP contribution in [0, 0.1) is 11.3 Å². The maximum Gasteiger partial charge on any atom is 0.115 e. The number of rotatable bonds is 4. The Morgan fingerprint density at radius 2 is 2.06 bits per heavy atom. The van der Waals surface area contributed by atoms with Crippen LogP contribution < -0.4 is 0 Å². The third-order valence-corrected chi connectivity index (χ3v) is 3.28. The molecule has 2 heterocycles. The summed E-state index contributed by atoms with van der Waals surface area (Å²) in [5, 5.41) is 9.78. The summed E-state index contributed by atoms with van der Waals surface area (Å²) in [6.07, 6.45) is 5.25. The number of pyridine rings is 2. The Morgan fingerprint density at radius 1 is 1.28 bits per heavy atom. The van der Waals surface area contributed by atoms with Crippen LogP contribution in [0.2, 0.25) is 0 Å². The highest BCUT2D eigenvalue weighted by Gasteiger charge is 2.06. The predicted molar refractivity (Wildman–Crippen MR) is 73.1 cm³/mol. The van der Waals surface area contributed by atoms with E-state index >= 15 is 0 Å². The van der Waals surface area contributed by atoms with Crippen molar-refractivity contribution in [3.05, 3.63) is 54.9 Å². The summed E-state index contributed by atoms with van der Waals surface area (Å²) in [5.41, 5.74) is 2.44. The molecule has 0 aliphatic carbocycles. The maximum absolute atomic E-state index is 9.04. The first-order valence-electron chi connectivity index (χ1n) is 5.40. The van der Waals surface area contributed by atoms with Crippen molar-refractivity contribution >= 4 is 11.8 Å². The van der Waals surface area contributed by atoms with Gasteiger partial charge in [0.25, 0.3) is 0 Å². The monoisotopic (exact) mass is 253 g/mol. The van der Waals surface area contributed by atoms with Gasteiger partial charge in [0, 0.05) is 23.7 Å². The van der Waals surface area contributed by atoms with Crippen molar-refractivity contribution in [2.24, 2.45) is 0 Å². The van der Waals surface area contributed by atoms with Crippen LogP contribution >= 0.6 is 11.8 Å². The van der Waals surface area contributed by atoms with Crippen molar-refractivity contribution in [1.29, 1.82) is 5.26 Å². The normalized spacial score (nSPS) is 9.72. The summed E-state index contributed by atoms with van der Waals surface area (Å²) in [4.78, 5) is 8.49. The third-order valence-electron chi connectivity index (χ3n) is 2.29. The lowest BCUT2D eigenvalue weighted by Gasteiger charge is -2.05. The van der Waals surface area contributed by atoms with Crippen LogP contribution in [0.5, 0.6) is 0 Å². The van der Waals surface area contributed by atoms with Crippen LogP contribution in [0.3, 0.4) is 0 Å². The molecular formula is C14H11N3S. The number of hydrogen-bond acceptors (Lipinski definition) is 4. The Kier molecular flexibility index (Phi) is 4.11. The van der Waals surface area contributed by atoms with E-state index < -0.39 is 0 Å². The Balaban J connectivity index is 2.40. The average molecular weight is 253 g/mol. The van der Waals surface area contributed by atoms with Crippen molar-refractivity contribution in [2.75, 3.05) is 5.75 Å². The lowest BCUT2D eigenvalue weighted by Crippen LogP contribution is -1.91. The molecule has 2 aromatic rings. The molecule has 0 N–H and O–H groups in total. The molecule has 0 fully saturated rings. The summed E-state index contributed by atoms with van der Waals surface area (Å²) in [7, 11) is 0.